The van der Waals surface area contributed by atoms with Crippen molar-refractivity contribution in [1.29, 1.82) is 0 Å². The molecule has 0 aliphatic carbocycles. The molecule has 5 heteroatoms. The van der Waals surface area contributed by atoms with Crippen LogP contribution in [0.4, 0.5) is 4.79 Å². The fourth-order valence-corrected chi connectivity index (χ4v) is 1.07. The highest BCUT2D eigenvalue weighted by Gasteiger charge is 2.04. The molecule has 0 radical (unpaired) electrons. The fraction of sp³-hybridized carbons (Fsp3) is 0.222. The van der Waals surface area contributed by atoms with Gasteiger partial charge in [0, 0.05) is 0 Å². The molecular formula is C9H12N2O2S. The molecule has 2 N–H and O–H groups in total. The average molecular weight is 212 g/mol. The van der Waals surface area contributed by atoms with Crippen molar-refractivity contribution in [3.63, 3.8) is 0 Å². The Kier molecular flexibility index (Phi) is 3.79. The number of nitrogens with zero attached hydrogens (tertiary/aromatic N) is 1. The van der Waals surface area contributed by atoms with Crippen LogP contribution in [0.1, 0.15) is 5.56 Å². The standard InChI is InChI=1S/C9H12N2O2S/c1-13-8-4-2-7(3-5-8)6-11(10)9(12)14/h2-5H,6,10H2,1H3,(H,12,14). The maximum Gasteiger partial charge on any atom is 0.292 e. The predicted octanol–water partition coefficient (Wildman–Crippen LogP) is 1.42. The monoisotopic (exact) mass is 212 g/mol. The van der Waals surface area contributed by atoms with Gasteiger partial charge in [-0.1, -0.05) is 24.8 Å². The van der Waals surface area contributed by atoms with Crippen LogP contribution in [0.2, 0.25) is 0 Å². The normalized spacial score (nSPS) is 9.64. The average Bonchev–Trinajstić information content (AvgIpc) is 2.19. The lowest BCUT2D eigenvalue weighted by Gasteiger charge is -2.13. The molecule has 0 spiro atoms. The minimum atomic E-state index is -0.458. The van der Waals surface area contributed by atoms with Crippen LogP contribution in [0.3, 0.4) is 0 Å². The van der Waals surface area contributed by atoms with E-state index in [1.165, 1.54) is 0 Å². The maximum atomic E-state index is 10.7. The van der Waals surface area contributed by atoms with Crippen LogP contribution in [-0.2, 0) is 6.54 Å². The molecular weight excluding hydrogens is 200 g/mol. The first-order valence-corrected chi connectivity index (χ1v) is 4.46. The van der Waals surface area contributed by atoms with Crippen LogP contribution < -0.4 is 10.6 Å². The van der Waals surface area contributed by atoms with E-state index in [0.717, 1.165) is 16.3 Å². The van der Waals surface area contributed by atoms with Crippen molar-refractivity contribution in [2.75, 3.05) is 7.11 Å². The molecule has 1 amide bonds. The Balaban J connectivity index is 2.64. The number of amides is 1. The largest absolute Gasteiger partial charge is 0.497 e. The number of hydrazine groups is 1. The minimum Gasteiger partial charge on any atom is -0.497 e. The summed E-state index contributed by atoms with van der Waals surface area (Å²) in [5.74, 6) is 6.17. The summed E-state index contributed by atoms with van der Waals surface area (Å²) >= 11 is 3.60. The van der Waals surface area contributed by atoms with Gasteiger partial charge in [0.15, 0.2) is 0 Å². The molecule has 0 fully saturated rings. The van der Waals surface area contributed by atoms with Crippen molar-refractivity contribution >= 4 is 17.9 Å². The molecule has 1 aromatic rings. The quantitative estimate of drug-likeness (QED) is 0.345. The molecule has 0 bridgehead atoms. The lowest BCUT2D eigenvalue weighted by molar-refractivity contribution is 0.222. The number of hydrogen-bond acceptors (Lipinski definition) is 3. The Hall–Kier alpha value is -1.20. The van der Waals surface area contributed by atoms with Crippen molar-refractivity contribution < 1.29 is 9.53 Å². The Morgan fingerprint density at radius 1 is 1.50 bits per heavy atom. The summed E-state index contributed by atoms with van der Waals surface area (Å²) in [6, 6.07) is 7.31. The molecule has 0 aliphatic rings. The van der Waals surface area contributed by atoms with E-state index in [1.54, 1.807) is 7.11 Å². The molecule has 1 aromatic carbocycles. The highest BCUT2D eigenvalue weighted by atomic mass is 32.1. The molecule has 0 unspecified atom stereocenters. The van der Waals surface area contributed by atoms with Gasteiger partial charge in [0.05, 0.1) is 13.7 Å². The zero-order valence-corrected chi connectivity index (χ0v) is 8.70. The van der Waals surface area contributed by atoms with Crippen LogP contribution in [0.25, 0.3) is 0 Å². The predicted molar refractivity (Wildman–Crippen MR) is 57.1 cm³/mol. The Morgan fingerprint density at radius 3 is 2.50 bits per heavy atom. The Labute approximate surface area is 88.0 Å². The number of methoxy groups -OCH3 is 1. The van der Waals surface area contributed by atoms with Gasteiger partial charge in [-0.15, -0.1) is 0 Å². The number of hydrogen-bond donors (Lipinski definition) is 2. The van der Waals surface area contributed by atoms with E-state index in [4.69, 9.17) is 10.6 Å². The summed E-state index contributed by atoms with van der Waals surface area (Å²) in [6.07, 6.45) is 0. The Bertz CT molecular complexity index is 313. The summed E-state index contributed by atoms with van der Waals surface area (Å²) in [7, 11) is 1.60. The third-order valence-corrected chi connectivity index (χ3v) is 2.01. The molecule has 0 aromatic heterocycles. The highest BCUT2D eigenvalue weighted by Crippen LogP contribution is 2.12. The first-order valence-electron chi connectivity index (χ1n) is 4.01. The van der Waals surface area contributed by atoms with Crippen molar-refractivity contribution in [2.24, 2.45) is 5.84 Å². The molecule has 0 heterocycles. The first-order chi connectivity index (χ1) is 6.63. The van der Waals surface area contributed by atoms with Gasteiger partial charge >= 0.3 is 0 Å². The summed E-state index contributed by atoms with van der Waals surface area (Å²) in [5, 5.41) is 0.575. The van der Waals surface area contributed by atoms with Gasteiger partial charge in [-0.3, -0.25) is 9.80 Å². The lowest BCUT2D eigenvalue weighted by Crippen LogP contribution is -2.32. The van der Waals surface area contributed by atoms with Crippen molar-refractivity contribution in [1.82, 2.24) is 5.01 Å². The van der Waals surface area contributed by atoms with Crippen LogP contribution in [0.15, 0.2) is 24.3 Å². The number of benzene rings is 1. The number of carbonyl (C=O) groups is 1. The van der Waals surface area contributed by atoms with Crippen LogP contribution >= 0.6 is 12.6 Å². The summed E-state index contributed by atoms with van der Waals surface area (Å²) in [5.41, 5.74) is 0.927. The van der Waals surface area contributed by atoms with E-state index in [-0.39, 0.29) is 0 Å². The number of ether oxygens (including phenoxy) is 1. The van der Waals surface area contributed by atoms with Gasteiger partial charge in [-0.05, 0) is 17.7 Å². The van der Waals surface area contributed by atoms with E-state index >= 15 is 0 Å². The molecule has 76 valence electrons. The van der Waals surface area contributed by atoms with Gasteiger partial charge in [0.2, 0.25) is 0 Å². The number of rotatable bonds is 3. The van der Waals surface area contributed by atoms with E-state index in [0.29, 0.717) is 6.54 Å². The maximum absolute atomic E-state index is 10.7. The number of thiol groups is 1. The second-order valence-corrected chi connectivity index (χ2v) is 3.14. The molecule has 4 nitrogen and oxygen atoms in total. The first kappa shape index (κ1) is 10.9. The van der Waals surface area contributed by atoms with Crippen molar-refractivity contribution in [2.45, 2.75) is 6.54 Å². The minimum absolute atomic E-state index is 0.340. The van der Waals surface area contributed by atoms with Crippen LogP contribution in [0.5, 0.6) is 5.75 Å². The van der Waals surface area contributed by atoms with Crippen LogP contribution in [-0.4, -0.2) is 17.4 Å². The molecule has 0 atom stereocenters. The van der Waals surface area contributed by atoms with Crippen molar-refractivity contribution in [3.8, 4) is 5.75 Å². The van der Waals surface area contributed by atoms with Gasteiger partial charge in [0.25, 0.3) is 5.24 Å². The topological polar surface area (TPSA) is 55.6 Å². The van der Waals surface area contributed by atoms with Gasteiger partial charge in [-0.25, -0.2) is 5.84 Å². The third kappa shape index (κ3) is 2.93. The number of carbonyl (C=O) groups excluding carboxylic acids is 1. The highest BCUT2D eigenvalue weighted by molar-refractivity contribution is 7.96. The smallest absolute Gasteiger partial charge is 0.292 e. The summed E-state index contributed by atoms with van der Waals surface area (Å²) < 4.78 is 4.99. The summed E-state index contributed by atoms with van der Waals surface area (Å²) in [6.45, 7) is 0.340. The van der Waals surface area contributed by atoms with Crippen molar-refractivity contribution in [3.05, 3.63) is 29.8 Å². The molecule has 0 saturated heterocycles. The summed E-state index contributed by atoms with van der Waals surface area (Å²) in [4.78, 5) is 10.7. The molecule has 0 saturated carbocycles. The second kappa shape index (κ2) is 4.88. The van der Waals surface area contributed by atoms with Gasteiger partial charge < -0.3 is 4.74 Å². The SMILES string of the molecule is COc1ccc(CN(N)C(=O)S)cc1. The van der Waals surface area contributed by atoms with Crippen LogP contribution in [0, 0.1) is 0 Å². The third-order valence-electron chi connectivity index (χ3n) is 1.76. The van der Waals surface area contributed by atoms with Gasteiger partial charge in [0.1, 0.15) is 5.75 Å². The lowest BCUT2D eigenvalue weighted by atomic mass is 10.2. The molecule has 0 aliphatic heterocycles. The zero-order valence-electron chi connectivity index (χ0n) is 7.80. The number of nitrogens with two attached hydrogens (primary N) is 1. The van der Waals surface area contributed by atoms with E-state index < -0.39 is 5.24 Å². The second-order valence-electron chi connectivity index (χ2n) is 2.76. The van der Waals surface area contributed by atoms with E-state index in [2.05, 4.69) is 12.6 Å². The van der Waals surface area contributed by atoms with E-state index in [1.807, 2.05) is 24.3 Å². The fourth-order valence-electron chi connectivity index (χ4n) is 0.995. The van der Waals surface area contributed by atoms with Gasteiger partial charge in [-0.2, -0.15) is 0 Å². The zero-order chi connectivity index (χ0) is 10.6. The Morgan fingerprint density at radius 2 is 2.07 bits per heavy atom. The molecule has 14 heavy (non-hydrogen) atoms. The molecule has 1 rings (SSSR count). The van der Waals surface area contributed by atoms with E-state index in [9.17, 15) is 4.79 Å².